The van der Waals surface area contributed by atoms with E-state index >= 15 is 0 Å². The van der Waals surface area contributed by atoms with Gasteiger partial charge in [0.15, 0.2) is 18.2 Å². The lowest BCUT2D eigenvalue weighted by molar-refractivity contribution is -0.123. The number of ether oxygens (including phenoxy) is 1. The second kappa shape index (κ2) is 7.22. The van der Waals surface area contributed by atoms with Crippen molar-refractivity contribution in [2.24, 2.45) is 0 Å². The molecule has 0 radical (unpaired) electrons. The van der Waals surface area contributed by atoms with Crippen molar-refractivity contribution in [1.82, 2.24) is 20.5 Å². The molecular weight excluding hydrogens is 263 g/mol. The molecule has 2 aromatic rings. The summed E-state index contributed by atoms with van der Waals surface area (Å²) in [6.45, 7) is 0.295. The van der Waals surface area contributed by atoms with E-state index in [2.05, 4.69) is 20.5 Å². The molecule has 0 aliphatic heterocycles. The standard InChI is InChI=1S/C13H15FN4O2/c14-10-4-1-2-5-11(10)20-8-13(19)15-7-3-6-12-16-9-17-18-12/h1-2,4-5,9H,3,6-8H2,(H,15,19)(H,16,17,18). The molecule has 6 nitrogen and oxygen atoms in total. The van der Waals surface area contributed by atoms with Gasteiger partial charge in [-0.05, 0) is 18.6 Å². The zero-order chi connectivity index (χ0) is 14.2. The van der Waals surface area contributed by atoms with Gasteiger partial charge in [-0.15, -0.1) is 0 Å². The number of H-pyrrole nitrogens is 1. The van der Waals surface area contributed by atoms with E-state index in [1.54, 1.807) is 12.1 Å². The molecule has 0 unspecified atom stereocenters. The largest absolute Gasteiger partial charge is 0.481 e. The van der Waals surface area contributed by atoms with Crippen molar-refractivity contribution in [1.29, 1.82) is 0 Å². The van der Waals surface area contributed by atoms with E-state index in [1.165, 1.54) is 18.5 Å². The number of carbonyl (C=O) groups is 1. The fraction of sp³-hybridized carbons (Fsp3) is 0.308. The van der Waals surface area contributed by atoms with Crippen molar-refractivity contribution in [2.45, 2.75) is 12.8 Å². The van der Waals surface area contributed by atoms with E-state index in [-0.39, 0.29) is 18.3 Å². The minimum absolute atomic E-state index is 0.0734. The molecule has 0 fully saturated rings. The fourth-order valence-electron chi connectivity index (χ4n) is 1.59. The van der Waals surface area contributed by atoms with Gasteiger partial charge in [-0.25, -0.2) is 9.37 Å². The molecule has 0 saturated carbocycles. The monoisotopic (exact) mass is 278 g/mol. The molecule has 1 aromatic heterocycles. The molecule has 0 saturated heterocycles. The molecule has 20 heavy (non-hydrogen) atoms. The fourth-order valence-corrected chi connectivity index (χ4v) is 1.59. The maximum absolute atomic E-state index is 13.2. The Morgan fingerprint density at radius 2 is 2.25 bits per heavy atom. The smallest absolute Gasteiger partial charge is 0.257 e. The summed E-state index contributed by atoms with van der Waals surface area (Å²) < 4.78 is 18.3. The normalized spacial score (nSPS) is 10.2. The Bertz CT molecular complexity index is 545. The number of hydrogen-bond donors (Lipinski definition) is 2. The average molecular weight is 278 g/mol. The zero-order valence-electron chi connectivity index (χ0n) is 10.8. The topological polar surface area (TPSA) is 79.9 Å². The van der Waals surface area contributed by atoms with Crippen LogP contribution in [0.4, 0.5) is 4.39 Å². The number of nitrogens with one attached hydrogen (secondary N) is 2. The van der Waals surface area contributed by atoms with Crippen LogP contribution in [0.3, 0.4) is 0 Å². The van der Waals surface area contributed by atoms with Crippen LogP contribution in [0.1, 0.15) is 12.2 Å². The predicted octanol–water partition coefficient (Wildman–Crippen LogP) is 1.07. The number of rotatable bonds is 7. The maximum Gasteiger partial charge on any atom is 0.257 e. The first-order valence-corrected chi connectivity index (χ1v) is 6.24. The molecule has 2 N–H and O–H groups in total. The molecule has 0 aliphatic carbocycles. The Morgan fingerprint density at radius 1 is 1.40 bits per heavy atom. The highest BCUT2D eigenvalue weighted by Crippen LogP contribution is 2.14. The van der Waals surface area contributed by atoms with Gasteiger partial charge in [0, 0.05) is 13.0 Å². The average Bonchev–Trinajstić information content (AvgIpc) is 2.96. The van der Waals surface area contributed by atoms with Crippen LogP contribution in [0.25, 0.3) is 0 Å². The van der Waals surface area contributed by atoms with Gasteiger partial charge in [0.2, 0.25) is 0 Å². The molecule has 0 bridgehead atoms. The first-order chi connectivity index (χ1) is 9.75. The molecule has 1 heterocycles. The van der Waals surface area contributed by atoms with Crippen LogP contribution in [0.2, 0.25) is 0 Å². The van der Waals surface area contributed by atoms with Gasteiger partial charge in [0.1, 0.15) is 12.2 Å². The van der Waals surface area contributed by atoms with Crippen LogP contribution in [-0.4, -0.2) is 34.2 Å². The lowest BCUT2D eigenvalue weighted by Crippen LogP contribution is -2.30. The Balaban J connectivity index is 1.62. The van der Waals surface area contributed by atoms with Crippen LogP contribution in [0.15, 0.2) is 30.6 Å². The molecule has 2 rings (SSSR count). The second-order valence-corrected chi connectivity index (χ2v) is 4.10. The van der Waals surface area contributed by atoms with Gasteiger partial charge in [0.25, 0.3) is 5.91 Å². The van der Waals surface area contributed by atoms with E-state index in [1.807, 2.05) is 0 Å². The van der Waals surface area contributed by atoms with Crippen LogP contribution in [0, 0.1) is 5.82 Å². The zero-order valence-corrected chi connectivity index (χ0v) is 10.8. The van der Waals surface area contributed by atoms with Crippen molar-refractivity contribution in [3.05, 3.63) is 42.2 Å². The van der Waals surface area contributed by atoms with Crippen molar-refractivity contribution >= 4 is 5.91 Å². The number of para-hydroxylation sites is 1. The summed E-state index contributed by atoms with van der Waals surface area (Å²) in [5.74, 6) is 0.0857. The first kappa shape index (κ1) is 14.0. The Labute approximate surface area is 115 Å². The Morgan fingerprint density at radius 3 is 3.00 bits per heavy atom. The highest BCUT2D eigenvalue weighted by atomic mass is 19.1. The Hall–Kier alpha value is -2.44. The number of nitrogens with zero attached hydrogens (tertiary/aromatic N) is 2. The third kappa shape index (κ3) is 4.34. The summed E-state index contributed by atoms with van der Waals surface area (Å²) in [6.07, 6.45) is 2.88. The van der Waals surface area contributed by atoms with E-state index in [0.717, 1.165) is 12.2 Å². The SMILES string of the molecule is O=C(COc1ccccc1F)NCCCc1ncn[nH]1. The summed E-state index contributed by atoms with van der Waals surface area (Å²) in [6, 6.07) is 5.97. The molecule has 7 heteroatoms. The first-order valence-electron chi connectivity index (χ1n) is 6.24. The number of amides is 1. The summed E-state index contributed by atoms with van der Waals surface area (Å²) in [5.41, 5.74) is 0. The lowest BCUT2D eigenvalue weighted by atomic mass is 10.3. The number of aromatic nitrogens is 3. The minimum Gasteiger partial charge on any atom is -0.481 e. The quantitative estimate of drug-likeness (QED) is 0.742. The van der Waals surface area contributed by atoms with E-state index in [4.69, 9.17) is 4.74 Å². The van der Waals surface area contributed by atoms with Crippen molar-refractivity contribution in [3.8, 4) is 5.75 Å². The molecule has 106 valence electrons. The van der Waals surface area contributed by atoms with Gasteiger partial charge in [0.05, 0.1) is 0 Å². The number of aromatic amines is 1. The molecule has 1 aromatic carbocycles. The van der Waals surface area contributed by atoms with E-state index < -0.39 is 5.82 Å². The number of carbonyl (C=O) groups excluding carboxylic acids is 1. The van der Waals surface area contributed by atoms with Gasteiger partial charge in [-0.2, -0.15) is 5.10 Å². The van der Waals surface area contributed by atoms with E-state index in [0.29, 0.717) is 13.0 Å². The van der Waals surface area contributed by atoms with Crippen LogP contribution in [-0.2, 0) is 11.2 Å². The number of aryl methyl sites for hydroxylation is 1. The number of hydrogen-bond acceptors (Lipinski definition) is 4. The summed E-state index contributed by atoms with van der Waals surface area (Å²) in [5, 5.41) is 9.15. The lowest BCUT2D eigenvalue weighted by Gasteiger charge is -2.07. The third-order valence-electron chi connectivity index (χ3n) is 2.57. The van der Waals surface area contributed by atoms with Gasteiger partial charge in [-0.3, -0.25) is 9.89 Å². The Kier molecular flexibility index (Phi) is 5.05. The summed E-state index contributed by atoms with van der Waals surface area (Å²) >= 11 is 0. The van der Waals surface area contributed by atoms with Gasteiger partial charge in [-0.1, -0.05) is 12.1 Å². The van der Waals surface area contributed by atoms with Gasteiger partial charge < -0.3 is 10.1 Å². The van der Waals surface area contributed by atoms with Crippen LogP contribution < -0.4 is 10.1 Å². The summed E-state index contributed by atoms with van der Waals surface area (Å²) in [4.78, 5) is 15.5. The summed E-state index contributed by atoms with van der Waals surface area (Å²) in [7, 11) is 0. The third-order valence-corrected chi connectivity index (χ3v) is 2.57. The number of halogens is 1. The molecular formula is C13H15FN4O2. The minimum atomic E-state index is -0.481. The predicted molar refractivity (Wildman–Crippen MR) is 69.6 cm³/mol. The van der Waals surface area contributed by atoms with Crippen molar-refractivity contribution < 1.29 is 13.9 Å². The van der Waals surface area contributed by atoms with Crippen molar-refractivity contribution in [3.63, 3.8) is 0 Å². The molecule has 0 spiro atoms. The second-order valence-electron chi connectivity index (χ2n) is 4.10. The molecule has 1 amide bonds. The molecule has 0 atom stereocenters. The molecule has 0 aliphatic rings. The highest BCUT2D eigenvalue weighted by molar-refractivity contribution is 5.77. The van der Waals surface area contributed by atoms with Gasteiger partial charge >= 0.3 is 0 Å². The maximum atomic E-state index is 13.2. The highest BCUT2D eigenvalue weighted by Gasteiger charge is 2.05. The van der Waals surface area contributed by atoms with Crippen molar-refractivity contribution in [2.75, 3.05) is 13.2 Å². The number of benzene rings is 1. The van der Waals surface area contributed by atoms with Crippen LogP contribution >= 0.6 is 0 Å². The van der Waals surface area contributed by atoms with E-state index in [9.17, 15) is 9.18 Å². The van der Waals surface area contributed by atoms with Crippen LogP contribution in [0.5, 0.6) is 5.75 Å².